The highest BCUT2D eigenvalue weighted by atomic mass is 16.3. The molecule has 0 aliphatic heterocycles. The van der Waals surface area contributed by atoms with E-state index in [1.54, 1.807) is 0 Å². The van der Waals surface area contributed by atoms with Crippen LogP contribution in [0.15, 0.2) is 0 Å². The van der Waals surface area contributed by atoms with E-state index in [4.69, 9.17) is 5.73 Å². The van der Waals surface area contributed by atoms with Gasteiger partial charge in [-0.3, -0.25) is 0 Å². The van der Waals surface area contributed by atoms with Gasteiger partial charge in [0.25, 0.3) is 0 Å². The fraction of sp³-hybridized carbons (Fsp3) is 1.00. The van der Waals surface area contributed by atoms with Crippen LogP contribution in [0, 0.1) is 0 Å². The first-order valence-electron chi connectivity index (χ1n) is 6.39. The van der Waals surface area contributed by atoms with Crippen molar-refractivity contribution in [1.82, 2.24) is 5.32 Å². The summed E-state index contributed by atoms with van der Waals surface area (Å²) in [6.07, 6.45) is 9.04. The molecule has 2 rings (SSSR count). The van der Waals surface area contributed by atoms with E-state index in [1.165, 1.54) is 25.7 Å². The summed E-state index contributed by atoms with van der Waals surface area (Å²) in [6, 6.07) is 0.957. The summed E-state index contributed by atoms with van der Waals surface area (Å²) < 4.78 is 0. The Labute approximate surface area is 92.4 Å². The number of hydrogen-bond acceptors (Lipinski definition) is 3. The predicted molar refractivity (Wildman–Crippen MR) is 61.7 cm³/mol. The van der Waals surface area contributed by atoms with Gasteiger partial charge in [-0.15, -0.1) is 0 Å². The van der Waals surface area contributed by atoms with Crippen LogP contribution in [0.25, 0.3) is 0 Å². The average molecular weight is 212 g/mol. The van der Waals surface area contributed by atoms with Gasteiger partial charge >= 0.3 is 0 Å². The van der Waals surface area contributed by atoms with Crippen LogP contribution in [0.1, 0.15) is 51.4 Å². The van der Waals surface area contributed by atoms with E-state index in [2.05, 4.69) is 5.32 Å². The van der Waals surface area contributed by atoms with Gasteiger partial charge in [0.1, 0.15) is 0 Å². The molecule has 0 bridgehead atoms. The van der Waals surface area contributed by atoms with Crippen molar-refractivity contribution in [3.8, 4) is 0 Å². The van der Waals surface area contributed by atoms with Crippen molar-refractivity contribution in [2.24, 2.45) is 5.73 Å². The Morgan fingerprint density at radius 1 is 1.13 bits per heavy atom. The Bertz CT molecular complexity index is 194. The number of rotatable bonds is 3. The normalized spacial score (nSPS) is 35.6. The highest BCUT2D eigenvalue weighted by Crippen LogP contribution is 2.27. The zero-order valence-electron chi connectivity index (χ0n) is 9.54. The summed E-state index contributed by atoms with van der Waals surface area (Å²) in [4.78, 5) is 0. The molecule has 2 saturated carbocycles. The van der Waals surface area contributed by atoms with Crippen LogP contribution in [-0.4, -0.2) is 29.3 Å². The predicted octanol–water partition coefficient (Wildman–Crippen LogP) is 1.15. The zero-order valence-corrected chi connectivity index (χ0v) is 9.54. The molecule has 0 spiro atoms. The molecule has 0 unspecified atom stereocenters. The van der Waals surface area contributed by atoms with Crippen molar-refractivity contribution < 1.29 is 5.11 Å². The van der Waals surface area contributed by atoms with Crippen molar-refractivity contribution in [1.29, 1.82) is 0 Å². The van der Waals surface area contributed by atoms with Crippen molar-refractivity contribution in [2.75, 3.05) is 6.54 Å². The zero-order chi connectivity index (χ0) is 10.7. The summed E-state index contributed by atoms with van der Waals surface area (Å²) in [7, 11) is 0. The molecule has 2 fully saturated rings. The summed E-state index contributed by atoms with van der Waals surface area (Å²) >= 11 is 0. The SMILES string of the molecule is NC1CC(NCC2(O)CCCCCC2)C1. The largest absolute Gasteiger partial charge is 0.389 e. The molecule has 0 atom stereocenters. The molecule has 2 aliphatic rings. The maximum Gasteiger partial charge on any atom is 0.0771 e. The number of hydrogen-bond donors (Lipinski definition) is 3. The number of aliphatic hydroxyl groups is 1. The molecule has 0 aromatic carbocycles. The van der Waals surface area contributed by atoms with Crippen molar-refractivity contribution in [2.45, 2.75) is 69.1 Å². The van der Waals surface area contributed by atoms with E-state index in [1.807, 2.05) is 0 Å². The standard InChI is InChI=1S/C12H24N2O/c13-10-7-11(8-10)14-9-12(15)5-3-1-2-4-6-12/h10-11,14-15H,1-9,13H2. The first-order valence-corrected chi connectivity index (χ1v) is 6.39. The highest BCUT2D eigenvalue weighted by Gasteiger charge is 2.31. The topological polar surface area (TPSA) is 58.3 Å². The number of nitrogens with one attached hydrogen (secondary N) is 1. The molecule has 0 aromatic rings. The van der Waals surface area contributed by atoms with Gasteiger partial charge in [0.15, 0.2) is 0 Å². The lowest BCUT2D eigenvalue weighted by atomic mass is 9.86. The van der Waals surface area contributed by atoms with Gasteiger partial charge < -0.3 is 16.2 Å². The molecule has 88 valence electrons. The van der Waals surface area contributed by atoms with Gasteiger partial charge in [0.05, 0.1) is 5.60 Å². The molecular weight excluding hydrogens is 188 g/mol. The number of nitrogens with two attached hydrogens (primary N) is 1. The minimum absolute atomic E-state index is 0.395. The van der Waals surface area contributed by atoms with Crippen molar-refractivity contribution >= 4 is 0 Å². The fourth-order valence-corrected chi connectivity index (χ4v) is 2.73. The second-order valence-electron chi connectivity index (χ2n) is 5.45. The molecular formula is C12H24N2O. The summed E-state index contributed by atoms with van der Waals surface area (Å²) in [5.74, 6) is 0. The van der Waals surface area contributed by atoms with E-state index in [9.17, 15) is 5.11 Å². The minimum atomic E-state index is -0.434. The van der Waals surface area contributed by atoms with Crippen LogP contribution >= 0.6 is 0 Å². The van der Waals surface area contributed by atoms with Crippen LogP contribution < -0.4 is 11.1 Å². The third-order valence-corrected chi connectivity index (χ3v) is 3.93. The third-order valence-electron chi connectivity index (χ3n) is 3.93. The monoisotopic (exact) mass is 212 g/mol. The lowest BCUT2D eigenvalue weighted by Crippen LogP contribution is -2.52. The van der Waals surface area contributed by atoms with Crippen molar-refractivity contribution in [3.05, 3.63) is 0 Å². The Hall–Kier alpha value is -0.120. The van der Waals surface area contributed by atoms with Crippen molar-refractivity contribution in [3.63, 3.8) is 0 Å². The van der Waals surface area contributed by atoms with Crippen LogP contribution in [-0.2, 0) is 0 Å². The summed E-state index contributed by atoms with van der Waals surface area (Å²) in [6.45, 7) is 0.768. The second kappa shape index (κ2) is 4.81. The summed E-state index contributed by atoms with van der Waals surface area (Å²) in [5.41, 5.74) is 5.30. The van der Waals surface area contributed by atoms with Crippen LogP contribution in [0.2, 0.25) is 0 Å². The molecule has 0 aromatic heterocycles. The smallest absolute Gasteiger partial charge is 0.0771 e. The maximum absolute atomic E-state index is 10.4. The first kappa shape index (κ1) is 11.4. The first-order chi connectivity index (χ1) is 7.18. The van der Waals surface area contributed by atoms with Crippen LogP contribution in [0.4, 0.5) is 0 Å². The van der Waals surface area contributed by atoms with Gasteiger partial charge in [0, 0.05) is 18.6 Å². The lowest BCUT2D eigenvalue weighted by Gasteiger charge is -2.36. The Kier molecular flexibility index (Phi) is 3.65. The molecule has 15 heavy (non-hydrogen) atoms. The van der Waals surface area contributed by atoms with Crippen LogP contribution in [0.3, 0.4) is 0 Å². The van der Waals surface area contributed by atoms with Crippen LogP contribution in [0.5, 0.6) is 0 Å². The molecule has 4 N–H and O–H groups in total. The van der Waals surface area contributed by atoms with Gasteiger partial charge in [-0.05, 0) is 25.7 Å². The van der Waals surface area contributed by atoms with Gasteiger partial charge in [-0.2, -0.15) is 0 Å². The van der Waals surface area contributed by atoms with E-state index >= 15 is 0 Å². The molecule has 3 heteroatoms. The molecule has 0 heterocycles. The average Bonchev–Trinajstić information content (AvgIpc) is 2.37. The van der Waals surface area contributed by atoms with Gasteiger partial charge in [-0.1, -0.05) is 25.7 Å². The quantitative estimate of drug-likeness (QED) is 0.615. The maximum atomic E-state index is 10.4. The second-order valence-corrected chi connectivity index (χ2v) is 5.45. The molecule has 0 amide bonds. The minimum Gasteiger partial charge on any atom is -0.389 e. The Balaban J connectivity index is 1.71. The Morgan fingerprint density at radius 2 is 1.73 bits per heavy atom. The van der Waals surface area contributed by atoms with E-state index in [-0.39, 0.29) is 0 Å². The van der Waals surface area contributed by atoms with E-state index in [0.29, 0.717) is 12.1 Å². The van der Waals surface area contributed by atoms with Gasteiger partial charge in [0.2, 0.25) is 0 Å². The molecule has 0 radical (unpaired) electrons. The van der Waals surface area contributed by atoms with E-state index in [0.717, 1.165) is 32.2 Å². The molecule has 0 saturated heterocycles. The third kappa shape index (κ3) is 3.16. The summed E-state index contributed by atoms with van der Waals surface area (Å²) in [5, 5.41) is 13.8. The molecule has 2 aliphatic carbocycles. The molecule has 3 nitrogen and oxygen atoms in total. The lowest BCUT2D eigenvalue weighted by molar-refractivity contribution is 0.0193. The fourth-order valence-electron chi connectivity index (χ4n) is 2.73. The van der Waals surface area contributed by atoms with Gasteiger partial charge in [-0.25, -0.2) is 0 Å². The Morgan fingerprint density at radius 3 is 2.27 bits per heavy atom. The van der Waals surface area contributed by atoms with E-state index < -0.39 is 5.60 Å². The highest BCUT2D eigenvalue weighted by molar-refractivity contribution is 4.91.